The van der Waals surface area contributed by atoms with Crippen LogP contribution in [0.1, 0.15) is 26.3 Å². The van der Waals surface area contributed by atoms with Gasteiger partial charge in [0.2, 0.25) is 10.0 Å². The van der Waals surface area contributed by atoms with Gasteiger partial charge in [-0.2, -0.15) is 5.26 Å². The highest BCUT2D eigenvalue weighted by Crippen LogP contribution is 2.18. The Balaban J connectivity index is 2.95. The normalized spacial score (nSPS) is 13.1. The number of nitrogens with zero attached hydrogens (tertiary/aromatic N) is 2. The Bertz CT molecular complexity index is 618. The van der Waals surface area contributed by atoms with Crippen molar-refractivity contribution in [3.63, 3.8) is 0 Å². The number of nitrogens with two attached hydrogens (primary N) is 1. The van der Waals surface area contributed by atoms with Crippen molar-refractivity contribution < 1.29 is 8.42 Å². The second-order valence-electron chi connectivity index (χ2n) is 4.88. The molecule has 0 aliphatic carbocycles. The minimum atomic E-state index is -3.74. The number of nitriles is 1. The molecule has 1 rings (SSSR count). The average Bonchev–Trinajstić information content (AvgIpc) is 2.43. The second kappa shape index (κ2) is 7.41. The van der Waals surface area contributed by atoms with Gasteiger partial charge in [0, 0.05) is 18.3 Å². The van der Waals surface area contributed by atoms with Crippen LogP contribution in [0.3, 0.4) is 0 Å². The van der Waals surface area contributed by atoms with Crippen LogP contribution < -0.4 is 10.5 Å². The molecule has 0 bridgehead atoms. The molecule has 0 radical (unpaired) electrons. The highest BCUT2D eigenvalue weighted by molar-refractivity contribution is 7.89. The predicted octanol–water partition coefficient (Wildman–Crippen LogP) is 1.15. The third kappa shape index (κ3) is 4.70. The average molecular weight is 310 g/mol. The molecule has 21 heavy (non-hydrogen) atoms. The summed E-state index contributed by atoms with van der Waals surface area (Å²) in [6, 6.07) is 5.82. The Morgan fingerprint density at radius 3 is 2.52 bits per heavy atom. The minimum absolute atomic E-state index is 0.0365. The van der Waals surface area contributed by atoms with Gasteiger partial charge < -0.3 is 10.6 Å². The lowest BCUT2D eigenvalue weighted by Gasteiger charge is -2.23. The third-order valence-corrected chi connectivity index (χ3v) is 4.84. The van der Waals surface area contributed by atoms with Gasteiger partial charge in [-0.05, 0) is 38.2 Å². The summed E-state index contributed by atoms with van der Waals surface area (Å²) in [5.74, 6) is 0. The van der Waals surface area contributed by atoms with Gasteiger partial charge in [-0.1, -0.05) is 13.8 Å². The van der Waals surface area contributed by atoms with E-state index >= 15 is 0 Å². The zero-order valence-corrected chi connectivity index (χ0v) is 13.4. The molecule has 0 saturated carbocycles. The van der Waals surface area contributed by atoms with E-state index < -0.39 is 10.0 Å². The number of rotatable bonds is 7. The molecule has 0 spiro atoms. The smallest absolute Gasteiger partial charge is 0.242 e. The molecule has 0 amide bonds. The van der Waals surface area contributed by atoms with Gasteiger partial charge in [-0.15, -0.1) is 0 Å². The molecule has 7 heteroatoms. The molecule has 0 aromatic heterocycles. The molecule has 1 unspecified atom stereocenters. The van der Waals surface area contributed by atoms with Crippen LogP contribution >= 0.6 is 0 Å². The Labute approximate surface area is 126 Å². The summed E-state index contributed by atoms with van der Waals surface area (Å²) in [7, 11) is -3.74. The quantitative estimate of drug-likeness (QED) is 0.736. The number of hydrogen-bond acceptors (Lipinski definition) is 5. The fourth-order valence-electron chi connectivity index (χ4n) is 2.10. The molecule has 1 atom stereocenters. The number of likely N-dealkylation sites (N-methyl/N-ethyl adjacent to an activating group) is 1. The van der Waals surface area contributed by atoms with E-state index in [-0.39, 0.29) is 16.5 Å². The molecule has 0 fully saturated rings. The Morgan fingerprint density at radius 2 is 2.00 bits per heavy atom. The number of hydrogen-bond donors (Lipinski definition) is 2. The zero-order chi connectivity index (χ0) is 16.0. The van der Waals surface area contributed by atoms with E-state index in [9.17, 15) is 8.42 Å². The molecule has 3 N–H and O–H groups in total. The van der Waals surface area contributed by atoms with E-state index in [0.29, 0.717) is 12.2 Å². The maximum Gasteiger partial charge on any atom is 0.242 e. The van der Waals surface area contributed by atoms with Crippen LogP contribution in [0.15, 0.2) is 23.1 Å². The zero-order valence-electron chi connectivity index (χ0n) is 12.6. The Kier molecular flexibility index (Phi) is 6.15. The molecule has 6 nitrogen and oxygen atoms in total. The highest BCUT2D eigenvalue weighted by Gasteiger charge is 2.21. The van der Waals surface area contributed by atoms with Gasteiger partial charge in [0.25, 0.3) is 0 Å². The van der Waals surface area contributed by atoms with Gasteiger partial charge in [0.1, 0.15) is 6.07 Å². The minimum Gasteiger partial charge on any atom is -0.399 e. The summed E-state index contributed by atoms with van der Waals surface area (Å²) in [5, 5.41) is 9.06. The summed E-state index contributed by atoms with van der Waals surface area (Å²) in [6.45, 7) is 8.18. The first-order chi connectivity index (χ1) is 9.83. The van der Waals surface area contributed by atoms with Crippen LogP contribution in [0.4, 0.5) is 5.69 Å². The van der Waals surface area contributed by atoms with Crippen LogP contribution in [-0.2, 0) is 10.0 Å². The summed E-state index contributed by atoms with van der Waals surface area (Å²) in [5.41, 5.74) is 5.99. The fraction of sp³-hybridized carbons (Fsp3) is 0.500. The standard InChI is InChI=1S/C14H22N4O2S/c1-4-18(5-2)10-11(3)17-21(19,20)14-7-6-13(16)8-12(14)9-15/h6-8,11,17H,4-5,10,16H2,1-3H3. The number of benzene rings is 1. The monoisotopic (exact) mass is 310 g/mol. The van der Waals surface area contributed by atoms with Gasteiger partial charge in [0.05, 0.1) is 10.5 Å². The number of nitrogen functional groups attached to an aromatic ring is 1. The SMILES string of the molecule is CCN(CC)CC(C)NS(=O)(=O)c1ccc(N)cc1C#N. The van der Waals surface area contributed by atoms with Crippen molar-refractivity contribution in [2.45, 2.75) is 31.7 Å². The van der Waals surface area contributed by atoms with Crippen LogP contribution in [0.2, 0.25) is 0 Å². The molecular weight excluding hydrogens is 288 g/mol. The first-order valence-electron chi connectivity index (χ1n) is 6.88. The van der Waals surface area contributed by atoms with Gasteiger partial charge in [0.15, 0.2) is 0 Å². The van der Waals surface area contributed by atoms with E-state index in [4.69, 9.17) is 11.0 Å². The van der Waals surface area contributed by atoms with E-state index in [2.05, 4.69) is 9.62 Å². The summed E-state index contributed by atoms with van der Waals surface area (Å²) in [4.78, 5) is 2.09. The largest absolute Gasteiger partial charge is 0.399 e. The van der Waals surface area contributed by atoms with Crippen molar-refractivity contribution in [2.24, 2.45) is 0 Å². The van der Waals surface area contributed by atoms with E-state index in [1.807, 2.05) is 19.9 Å². The lowest BCUT2D eigenvalue weighted by atomic mass is 10.2. The Hall–Kier alpha value is -1.62. The molecule has 0 saturated heterocycles. The van der Waals surface area contributed by atoms with Gasteiger partial charge >= 0.3 is 0 Å². The number of anilines is 1. The highest BCUT2D eigenvalue weighted by atomic mass is 32.2. The lowest BCUT2D eigenvalue weighted by molar-refractivity contribution is 0.282. The van der Waals surface area contributed by atoms with Crippen molar-refractivity contribution in [1.82, 2.24) is 9.62 Å². The Morgan fingerprint density at radius 1 is 1.38 bits per heavy atom. The summed E-state index contributed by atoms with van der Waals surface area (Å²) >= 11 is 0. The topological polar surface area (TPSA) is 99.2 Å². The first-order valence-corrected chi connectivity index (χ1v) is 8.36. The summed E-state index contributed by atoms with van der Waals surface area (Å²) < 4.78 is 27.3. The predicted molar refractivity (Wildman–Crippen MR) is 83.1 cm³/mol. The molecule has 116 valence electrons. The maximum atomic E-state index is 12.4. The summed E-state index contributed by atoms with van der Waals surface area (Å²) in [6.07, 6.45) is 0. The van der Waals surface area contributed by atoms with E-state index in [0.717, 1.165) is 13.1 Å². The van der Waals surface area contributed by atoms with Crippen LogP contribution in [0, 0.1) is 11.3 Å². The van der Waals surface area contributed by atoms with E-state index in [1.54, 1.807) is 6.92 Å². The maximum absolute atomic E-state index is 12.4. The lowest BCUT2D eigenvalue weighted by Crippen LogP contribution is -2.42. The van der Waals surface area contributed by atoms with Gasteiger partial charge in [-0.25, -0.2) is 13.1 Å². The number of sulfonamides is 1. The van der Waals surface area contributed by atoms with Crippen LogP contribution in [0.25, 0.3) is 0 Å². The fourth-order valence-corrected chi connectivity index (χ4v) is 3.48. The molecular formula is C14H22N4O2S. The molecule has 1 aromatic rings. The molecule has 0 heterocycles. The van der Waals surface area contributed by atoms with Gasteiger partial charge in [-0.3, -0.25) is 0 Å². The molecule has 0 aliphatic heterocycles. The molecule has 1 aromatic carbocycles. The van der Waals surface area contributed by atoms with Crippen LogP contribution in [0.5, 0.6) is 0 Å². The van der Waals surface area contributed by atoms with Crippen molar-refractivity contribution in [3.05, 3.63) is 23.8 Å². The first kappa shape index (κ1) is 17.4. The van der Waals surface area contributed by atoms with Crippen molar-refractivity contribution in [3.8, 4) is 6.07 Å². The van der Waals surface area contributed by atoms with E-state index in [1.165, 1.54) is 18.2 Å². The second-order valence-corrected chi connectivity index (χ2v) is 6.56. The van der Waals surface area contributed by atoms with Crippen molar-refractivity contribution >= 4 is 15.7 Å². The van der Waals surface area contributed by atoms with Crippen LogP contribution in [-0.4, -0.2) is 39.0 Å². The number of nitrogens with one attached hydrogen (secondary N) is 1. The molecule has 0 aliphatic rings. The third-order valence-electron chi connectivity index (χ3n) is 3.20. The van der Waals surface area contributed by atoms with Crippen molar-refractivity contribution in [1.29, 1.82) is 5.26 Å². The van der Waals surface area contributed by atoms with Crippen molar-refractivity contribution in [2.75, 3.05) is 25.4 Å².